The summed E-state index contributed by atoms with van der Waals surface area (Å²) in [5.74, 6) is 0.268. The smallest absolute Gasteiger partial charge is 0.274 e. The van der Waals surface area contributed by atoms with Crippen molar-refractivity contribution in [1.29, 1.82) is 0 Å². The fourth-order valence-electron chi connectivity index (χ4n) is 4.41. The second kappa shape index (κ2) is 6.26. The Labute approximate surface area is 152 Å². The van der Waals surface area contributed by atoms with E-state index in [2.05, 4.69) is 15.5 Å². The van der Waals surface area contributed by atoms with Gasteiger partial charge in [-0.05, 0) is 37.3 Å². The van der Waals surface area contributed by atoms with Gasteiger partial charge >= 0.3 is 0 Å². The Morgan fingerprint density at radius 1 is 1.19 bits per heavy atom. The molecule has 2 atom stereocenters. The first-order valence-corrected chi connectivity index (χ1v) is 9.06. The van der Waals surface area contributed by atoms with Crippen molar-refractivity contribution < 1.29 is 9.59 Å². The number of hydrogen-bond acceptors (Lipinski definition) is 4. The van der Waals surface area contributed by atoms with E-state index in [-0.39, 0.29) is 17.4 Å². The Morgan fingerprint density at radius 3 is 2.54 bits per heavy atom. The van der Waals surface area contributed by atoms with Gasteiger partial charge in [-0.3, -0.25) is 19.0 Å². The Morgan fingerprint density at radius 2 is 1.88 bits per heavy atom. The Bertz CT molecular complexity index is 840. The van der Waals surface area contributed by atoms with Gasteiger partial charge in [0.1, 0.15) is 11.4 Å². The minimum absolute atomic E-state index is 0.0397. The Hall–Kier alpha value is -2.64. The van der Waals surface area contributed by atoms with Crippen molar-refractivity contribution >= 4 is 11.8 Å². The molecule has 0 radical (unpaired) electrons. The molecule has 8 heteroatoms. The maximum atomic E-state index is 13.0. The van der Waals surface area contributed by atoms with Crippen LogP contribution in [0.25, 0.3) is 0 Å². The number of rotatable bonds is 4. The number of fused-ring (bicyclic) bond motifs is 2. The summed E-state index contributed by atoms with van der Waals surface area (Å²) in [4.78, 5) is 27.4. The highest BCUT2D eigenvalue weighted by molar-refractivity contribution is 5.94. The van der Waals surface area contributed by atoms with Crippen LogP contribution in [-0.2, 0) is 14.1 Å². The van der Waals surface area contributed by atoms with Gasteiger partial charge in [0.25, 0.3) is 11.8 Å². The van der Waals surface area contributed by atoms with Gasteiger partial charge in [0, 0.05) is 39.6 Å². The summed E-state index contributed by atoms with van der Waals surface area (Å²) in [5.41, 5.74) is 0.550. The summed E-state index contributed by atoms with van der Waals surface area (Å²) in [6, 6.07) is 3.45. The lowest BCUT2D eigenvalue weighted by Crippen LogP contribution is -2.54. The zero-order valence-corrected chi connectivity index (χ0v) is 15.2. The average Bonchev–Trinajstić information content (AvgIpc) is 3.31. The fourth-order valence-corrected chi connectivity index (χ4v) is 4.41. The Kier molecular flexibility index (Phi) is 4.05. The molecule has 2 fully saturated rings. The highest BCUT2D eigenvalue weighted by Crippen LogP contribution is 2.44. The minimum Gasteiger partial charge on any atom is -0.348 e. The molecular weight excluding hydrogens is 332 g/mol. The summed E-state index contributed by atoms with van der Waals surface area (Å²) in [6.07, 6.45) is 7.60. The standard InChI is InChI=1S/C18H24N6O2/c1-22-8-5-14(20-22)16(25)19-12-18-7-3-4-13(10-18)11-24(18)17(26)15-6-9-23(2)21-15/h5-6,8-9,13H,3-4,7,10-12H2,1-2H3,(H,19,25). The van der Waals surface area contributed by atoms with Crippen molar-refractivity contribution in [2.24, 2.45) is 20.0 Å². The quantitative estimate of drug-likeness (QED) is 0.885. The Balaban J connectivity index is 1.53. The van der Waals surface area contributed by atoms with Crippen molar-refractivity contribution in [3.05, 3.63) is 35.9 Å². The number of aryl methyl sites for hydroxylation is 2. The van der Waals surface area contributed by atoms with Crippen LogP contribution in [0.1, 0.15) is 46.7 Å². The van der Waals surface area contributed by atoms with Crippen LogP contribution in [0.3, 0.4) is 0 Å². The van der Waals surface area contributed by atoms with Crippen LogP contribution in [0.2, 0.25) is 0 Å². The van der Waals surface area contributed by atoms with Gasteiger partial charge in [0.2, 0.25) is 0 Å². The number of likely N-dealkylation sites (tertiary alicyclic amines) is 1. The summed E-state index contributed by atoms with van der Waals surface area (Å²) in [7, 11) is 3.59. The molecule has 2 amide bonds. The molecular formula is C18H24N6O2. The normalized spacial score (nSPS) is 24.7. The molecule has 1 aliphatic carbocycles. The summed E-state index contributed by atoms with van der Waals surface area (Å²) >= 11 is 0. The predicted octanol–water partition coefficient (Wildman–Crippen LogP) is 0.968. The number of nitrogens with zero attached hydrogens (tertiary/aromatic N) is 5. The summed E-state index contributed by atoms with van der Waals surface area (Å²) < 4.78 is 3.25. The van der Waals surface area contributed by atoms with Crippen LogP contribution < -0.4 is 5.32 Å². The molecule has 2 unspecified atom stereocenters. The molecule has 3 heterocycles. The number of amides is 2. The molecule has 1 saturated heterocycles. The topological polar surface area (TPSA) is 85.0 Å². The predicted molar refractivity (Wildman–Crippen MR) is 94.5 cm³/mol. The van der Waals surface area contributed by atoms with Gasteiger partial charge in [-0.2, -0.15) is 10.2 Å². The molecule has 2 bridgehead atoms. The van der Waals surface area contributed by atoms with E-state index in [1.54, 1.807) is 40.9 Å². The van der Waals surface area contributed by atoms with Gasteiger partial charge in [0.05, 0.1) is 5.54 Å². The van der Waals surface area contributed by atoms with Gasteiger partial charge in [-0.1, -0.05) is 6.42 Å². The van der Waals surface area contributed by atoms with Crippen LogP contribution in [0, 0.1) is 5.92 Å². The van der Waals surface area contributed by atoms with E-state index < -0.39 is 0 Å². The van der Waals surface area contributed by atoms with Crippen molar-refractivity contribution in [3.63, 3.8) is 0 Å². The molecule has 1 saturated carbocycles. The maximum Gasteiger partial charge on any atom is 0.274 e. The number of aromatic nitrogens is 4. The number of nitrogens with one attached hydrogen (secondary N) is 1. The molecule has 1 aliphatic heterocycles. The molecule has 2 aromatic heterocycles. The molecule has 138 valence electrons. The van der Waals surface area contributed by atoms with E-state index in [1.807, 2.05) is 11.9 Å². The SMILES string of the molecule is Cn1ccc(C(=O)NCC23CCCC(CN2C(=O)c2ccn(C)n2)C3)n1. The number of carbonyl (C=O) groups excluding carboxylic acids is 2. The summed E-state index contributed by atoms with van der Waals surface area (Å²) in [5, 5.41) is 11.4. The minimum atomic E-state index is -0.317. The van der Waals surface area contributed by atoms with E-state index >= 15 is 0 Å². The number of hydrogen-bond donors (Lipinski definition) is 1. The molecule has 2 aromatic rings. The second-order valence-corrected chi connectivity index (χ2v) is 7.53. The van der Waals surface area contributed by atoms with E-state index in [0.717, 1.165) is 32.2 Å². The number of carbonyl (C=O) groups is 2. The lowest BCUT2D eigenvalue weighted by molar-refractivity contribution is 0.0550. The van der Waals surface area contributed by atoms with Crippen LogP contribution in [0.5, 0.6) is 0 Å². The van der Waals surface area contributed by atoms with E-state index in [0.29, 0.717) is 23.9 Å². The molecule has 26 heavy (non-hydrogen) atoms. The largest absolute Gasteiger partial charge is 0.348 e. The molecule has 0 spiro atoms. The average molecular weight is 356 g/mol. The molecule has 2 aliphatic rings. The van der Waals surface area contributed by atoms with Crippen molar-refractivity contribution in [2.45, 2.75) is 31.2 Å². The van der Waals surface area contributed by atoms with Gasteiger partial charge in [-0.15, -0.1) is 0 Å². The van der Waals surface area contributed by atoms with Gasteiger partial charge in [-0.25, -0.2) is 0 Å². The fraction of sp³-hybridized carbons (Fsp3) is 0.556. The first-order valence-electron chi connectivity index (χ1n) is 9.06. The van der Waals surface area contributed by atoms with E-state index in [1.165, 1.54) is 0 Å². The van der Waals surface area contributed by atoms with Crippen LogP contribution in [-0.4, -0.2) is 54.9 Å². The second-order valence-electron chi connectivity index (χ2n) is 7.53. The van der Waals surface area contributed by atoms with Crippen LogP contribution in [0.15, 0.2) is 24.5 Å². The lowest BCUT2D eigenvalue weighted by atomic mass is 9.79. The van der Waals surface area contributed by atoms with E-state index in [9.17, 15) is 9.59 Å². The van der Waals surface area contributed by atoms with Crippen molar-refractivity contribution in [2.75, 3.05) is 13.1 Å². The highest BCUT2D eigenvalue weighted by Gasteiger charge is 2.50. The zero-order valence-electron chi connectivity index (χ0n) is 15.2. The van der Waals surface area contributed by atoms with Crippen LogP contribution in [0.4, 0.5) is 0 Å². The van der Waals surface area contributed by atoms with Crippen molar-refractivity contribution in [1.82, 2.24) is 29.8 Å². The third-order valence-electron chi connectivity index (χ3n) is 5.64. The zero-order chi connectivity index (χ0) is 18.3. The van der Waals surface area contributed by atoms with Gasteiger partial charge < -0.3 is 10.2 Å². The first kappa shape index (κ1) is 16.8. The lowest BCUT2D eigenvalue weighted by Gasteiger charge is -2.39. The maximum absolute atomic E-state index is 13.0. The highest BCUT2D eigenvalue weighted by atomic mass is 16.2. The third kappa shape index (κ3) is 2.89. The van der Waals surface area contributed by atoms with Crippen molar-refractivity contribution in [3.8, 4) is 0 Å². The molecule has 8 nitrogen and oxygen atoms in total. The third-order valence-corrected chi connectivity index (χ3v) is 5.64. The monoisotopic (exact) mass is 356 g/mol. The summed E-state index contributed by atoms with van der Waals surface area (Å²) in [6.45, 7) is 1.20. The van der Waals surface area contributed by atoms with E-state index in [4.69, 9.17) is 0 Å². The molecule has 1 N–H and O–H groups in total. The first-order chi connectivity index (χ1) is 12.5. The molecule has 4 rings (SSSR count). The molecule has 0 aromatic carbocycles. The van der Waals surface area contributed by atoms with Crippen LogP contribution >= 0.6 is 0 Å². The van der Waals surface area contributed by atoms with Gasteiger partial charge in [0.15, 0.2) is 0 Å².